The number of methoxy groups -OCH3 is 2. The van der Waals surface area contributed by atoms with E-state index in [0.717, 1.165) is 0 Å². The highest BCUT2D eigenvalue weighted by molar-refractivity contribution is 5.89. The van der Waals surface area contributed by atoms with Crippen molar-refractivity contribution in [3.63, 3.8) is 0 Å². The monoisotopic (exact) mass is 249 g/mol. The van der Waals surface area contributed by atoms with Crippen LogP contribution in [0.3, 0.4) is 0 Å². The molecule has 0 unspecified atom stereocenters. The molecule has 0 fully saturated rings. The smallest absolute Gasteiger partial charge is 0.319 e. The lowest BCUT2D eigenvalue weighted by atomic mass is 10.3. The molecule has 1 aromatic carbocycles. The van der Waals surface area contributed by atoms with Crippen LogP contribution in [-0.4, -0.2) is 26.8 Å². The summed E-state index contributed by atoms with van der Waals surface area (Å²) in [5.74, 6) is 1.17. The maximum Gasteiger partial charge on any atom is 0.319 e. The fourth-order valence-electron chi connectivity index (χ4n) is 1.29. The van der Waals surface area contributed by atoms with E-state index in [9.17, 15) is 4.79 Å². The SMILES string of the molecule is COc1cc(NC(=O)NCCC#N)cc(OC)c1. The van der Waals surface area contributed by atoms with E-state index in [-0.39, 0.29) is 12.5 Å². The number of nitrogens with one attached hydrogen (secondary N) is 2. The lowest BCUT2D eigenvalue weighted by Crippen LogP contribution is -2.29. The average Bonchev–Trinajstić information content (AvgIpc) is 2.38. The molecule has 1 rings (SSSR count). The van der Waals surface area contributed by atoms with Crippen LogP contribution in [0.15, 0.2) is 18.2 Å². The lowest BCUT2D eigenvalue weighted by molar-refractivity contribution is 0.252. The molecule has 0 saturated heterocycles. The first-order chi connectivity index (χ1) is 8.69. The first kappa shape index (κ1) is 13.6. The highest BCUT2D eigenvalue weighted by atomic mass is 16.5. The maximum absolute atomic E-state index is 11.5. The van der Waals surface area contributed by atoms with Crippen molar-refractivity contribution >= 4 is 11.7 Å². The van der Waals surface area contributed by atoms with Gasteiger partial charge in [0.25, 0.3) is 0 Å². The van der Waals surface area contributed by atoms with Crippen LogP contribution in [0, 0.1) is 11.3 Å². The molecule has 0 bridgehead atoms. The summed E-state index contributed by atoms with van der Waals surface area (Å²) in [7, 11) is 3.07. The van der Waals surface area contributed by atoms with E-state index in [1.54, 1.807) is 18.2 Å². The Kier molecular flexibility index (Phi) is 5.32. The molecule has 96 valence electrons. The molecule has 0 spiro atoms. The van der Waals surface area contributed by atoms with Crippen LogP contribution in [-0.2, 0) is 0 Å². The third-order valence-electron chi connectivity index (χ3n) is 2.13. The third-order valence-corrected chi connectivity index (χ3v) is 2.13. The van der Waals surface area contributed by atoms with Crippen LogP contribution in [0.25, 0.3) is 0 Å². The number of carbonyl (C=O) groups excluding carboxylic acids is 1. The summed E-state index contributed by atoms with van der Waals surface area (Å²) in [4.78, 5) is 11.5. The Bertz CT molecular complexity index is 432. The van der Waals surface area contributed by atoms with Crippen molar-refractivity contribution < 1.29 is 14.3 Å². The Balaban J connectivity index is 2.66. The highest BCUT2D eigenvalue weighted by Gasteiger charge is 2.05. The molecule has 0 aromatic heterocycles. The summed E-state index contributed by atoms with van der Waals surface area (Å²) in [6.45, 7) is 0.309. The molecule has 0 heterocycles. The molecule has 18 heavy (non-hydrogen) atoms. The number of nitrogens with zero attached hydrogens (tertiary/aromatic N) is 1. The zero-order valence-corrected chi connectivity index (χ0v) is 10.3. The second kappa shape index (κ2) is 7.01. The molecular weight excluding hydrogens is 234 g/mol. The summed E-state index contributed by atoms with van der Waals surface area (Å²) >= 11 is 0. The summed E-state index contributed by atoms with van der Waals surface area (Å²) in [5, 5.41) is 13.5. The van der Waals surface area contributed by atoms with Crippen LogP contribution in [0.1, 0.15) is 6.42 Å². The van der Waals surface area contributed by atoms with E-state index < -0.39 is 0 Å². The molecular formula is C12H15N3O3. The van der Waals surface area contributed by atoms with Crippen LogP contribution < -0.4 is 20.1 Å². The van der Waals surface area contributed by atoms with Crippen molar-refractivity contribution in [3.8, 4) is 17.6 Å². The molecule has 0 saturated carbocycles. The maximum atomic E-state index is 11.5. The summed E-state index contributed by atoms with van der Waals surface area (Å²) in [6, 6.07) is 6.62. The molecule has 6 heteroatoms. The predicted molar refractivity (Wildman–Crippen MR) is 66.8 cm³/mol. The Morgan fingerprint density at radius 3 is 2.39 bits per heavy atom. The fraction of sp³-hybridized carbons (Fsp3) is 0.333. The van der Waals surface area contributed by atoms with Crippen molar-refractivity contribution in [2.45, 2.75) is 6.42 Å². The quantitative estimate of drug-likeness (QED) is 0.778. The van der Waals surface area contributed by atoms with Gasteiger partial charge in [-0.15, -0.1) is 0 Å². The molecule has 0 aliphatic rings. The van der Waals surface area contributed by atoms with Crippen molar-refractivity contribution in [2.75, 3.05) is 26.1 Å². The topological polar surface area (TPSA) is 83.4 Å². The molecule has 0 aliphatic carbocycles. The number of ether oxygens (including phenoxy) is 2. The number of nitriles is 1. The van der Waals surface area contributed by atoms with Gasteiger partial charge in [0.1, 0.15) is 11.5 Å². The van der Waals surface area contributed by atoms with Gasteiger partial charge in [-0.2, -0.15) is 5.26 Å². The number of benzene rings is 1. The summed E-state index contributed by atoms with van der Waals surface area (Å²) in [5.41, 5.74) is 0.556. The minimum Gasteiger partial charge on any atom is -0.497 e. The number of hydrogen-bond acceptors (Lipinski definition) is 4. The van der Waals surface area contributed by atoms with E-state index >= 15 is 0 Å². The van der Waals surface area contributed by atoms with Crippen molar-refractivity contribution in [1.29, 1.82) is 5.26 Å². The van der Waals surface area contributed by atoms with Gasteiger partial charge in [0, 0.05) is 30.4 Å². The molecule has 2 amide bonds. The largest absolute Gasteiger partial charge is 0.497 e. The number of anilines is 1. The van der Waals surface area contributed by atoms with Gasteiger partial charge in [-0.3, -0.25) is 0 Å². The third kappa shape index (κ3) is 4.22. The summed E-state index contributed by atoms with van der Waals surface area (Å²) in [6.07, 6.45) is 0.273. The second-order valence-corrected chi connectivity index (χ2v) is 3.39. The number of rotatable bonds is 5. The van der Waals surface area contributed by atoms with Crippen LogP contribution in [0.4, 0.5) is 10.5 Å². The molecule has 1 aromatic rings. The first-order valence-corrected chi connectivity index (χ1v) is 5.34. The molecule has 2 N–H and O–H groups in total. The van der Waals surface area contributed by atoms with Crippen LogP contribution in [0.5, 0.6) is 11.5 Å². The minimum atomic E-state index is -0.374. The van der Waals surface area contributed by atoms with E-state index in [1.807, 2.05) is 6.07 Å². The van der Waals surface area contributed by atoms with E-state index in [2.05, 4.69) is 10.6 Å². The Morgan fingerprint density at radius 2 is 1.89 bits per heavy atom. The van der Waals surface area contributed by atoms with Gasteiger partial charge in [0.2, 0.25) is 0 Å². The predicted octanol–water partition coefficient (Wildman–Crippen LogP) is 1.74. The normalized spacial score (nSPS) is 9.17. The average molecular weight is 249 g/mol. The number of carbonyl (C=O) groups is 1. The van der Waals surface area contributed by atoms with Gasteiger partial charge < -0.3 is 20.1 Å². The van der Waals surface area contributed by atoms with Gasteiger partial charge in [0.05, 0.1) is 26.7 Å². The molecule has 0 atom stereocenters. The van der Waals surface area contributed by atoms with E-state index in [1.165, 1.54) is 14.2 Å². The van der Waals surface area contributed by atoms with Crippen molar-refractivity contribution in [3.05, 3.63) is 18.2 Å². The van der Waals surface area contributed by atoms with Crippen molar-refractivity contribution in [1.82, 2.24) is 5.32 Å². The zero-order chi connectivity index (χ0) is 13.4. The van der Waals surface area contributed by atoms with Gasteiger partial charge in [-0.05, 0) is 0 Å². The number of hydrogen-bond donors (Lipinski definition) is 2. The Labute approximate surface area is 106 Å². The van der Waals surface area contributed by atoms with E-state index in [4.69, 9.17) is 14.7 Å². The zero-order valence-electron chi connectivity index (χ0n) is 10.3. The van der Waals surface area contributed by atoms with Crippen molar-refractivity contribution in [2.24, 2.45) is 0 Å². The molecule has 0 aliphatic heterocycles. The lowest BCUT2D eigenvalue weighted by Gasteiger charge is -2.10. The number of amides is 2. The van der Waals surface area contributed by atoms with Gasteiger partial charge >= 0.3 is 6.03 Å². The van der Waals surface area contributed by atoms with Crippen LogP contribution >= 0.6 is 0 Å². The Morgan fingerprint density at radius 1 is 1.28 bits per heavy atom. The second-order valence-electron chi connectivity index (χ2n) is 3.39. The molecule has 0 radical (unpaired) electrons. The highest BCUT2D eigenvalue weighted by Crippen LogP contribution is 2.25. The standard InChI is InChI=1S/C12H15N3O3/c1-17-10-6-9(7-11(8-10)18-2)15-12(16)14-5-3-4-13/h6-8H,3,5H2,1-2H3,(H2,14,15,16). The van der Waals surface area contributed by atoms with Gasteiger partial charge in [-0.25, -0.2) is 4.79 Å². The molecule has 6 nitrogen and oxygen atoms in total. The van der Waals surface area contributed by atoms with Crippen LogP contribution in [0.2, 0.25) is 0 Å². The van der Waals surface area contributed by atoms with Gasteiger partial charge in [-0.1, -0.05) is 0 Å². The Hall–Kier alpha value is -2.42. The van der Waals surface area contributed by atoms with Gasteiger partial charge in [0.15, 0.2) is 0 Å². The number of urea groups is 1. The summed E-state index contributed by atoms with van der Waals surface area (Å²) < 4.78 is 10.2. The fourth-order valence-corrected chi connectivity index (χ4v) is 1.29. The minimum absolute atomic E-state index is 0.273. The first-order valence-electron chi connectivity index (χ1n) is 5.34. The van der Waals surface area contributed by atoms with E-state index in [0.29, 0.717) is 23.7 Å².